The molecule has 0 amide bonds. The molecule has 130 valence electrons. The van der Waals surface area contributed by atoms with Crippen LogP contribution in [-0.2, 0) is 11.8 Å². The lowest BCUT2D eigenvalue weighted by Gasteiger charge is -2.36. The van der Waals surface area contributed by atoms with E-state index in [1.807, 2.05) is 17.9 Å². The molecule has 0 aliphatic carbocycles. The maximum Gasteiger partial charge on any atom is 0.229 e. The first kappa shape index (κ1) is 15.6. The van der Waals surface area contributed by atoms with Crippen molar-refractivity contribution in [3.8, 4) is 0 Å². The lowest BCUT2D eigenvalue weighted by Crippen LogP contribution is -2.46. The normalized spacial score (nSPS) is 25.5. The van der Waals surface area contributed by atoms with Crippen LogP contribution >= 0.6 is 0 Å². The molecule has 0 aromatic carbocycles. The van der Waals surface area contributed by atoms with Crippen molar-refractivity contribution >= 4 is 22.8 Å². The molecular weight excluding hydrogens is 304 g/mol. The number of rotatable bonds is 2. The van der Waals surface area contributed by atoms with E-state index in [1.54, 1.807) is 0 Å². The van der Waals surface area contributed by atoms with Gasteiger partial charge in [0.2, 0.25) is 5.95 Å². The number of aryl methyl sites for hydroxylation is 1. The number of fused-ring (bicyclic) bond motifs is 1. The van der Waals surface area contributed by atoms with Gasteiger partial charge in [-0.3, -0.25) is 4.68 Å². The van der Waals surface area contributed by atoms with E-state index in [2.05, 4.69) is 28.7 Å². The molecule has 2 fully saturated rings. The average molecular weight is 330 g/mol. The maximum atomic E-state index is 5.86. The summed E-state index contributed by atoms with van der Waals surface area (Å²) in [5, 5.41) is 5.46. The summed E-state index contributed by atoms with van der Waals surface area (Å²) in [5.74, 6) is 1.84. The molecule has 0 bridgehead atoms. The molecular formula is C17H26N6O. The van der Waals surface area contributed by atoms with Gasteiger partial charge in [0.05, 0.1) is 23.8 Å². The van der Waals surface area contributed by atoms with Gasteiger partial charge < -0.3 is 14.5 Å². The van der Waals surface area contributed by atoms with Crippen LogP contribution in [0.25, 0.3) is 11.0 Å². The predicted molar refractivity (Wildman–Crippen MR) is 94.6 cm³/mol. The van der Waals surface area contributed by atoms with Gasteiger partial charge in [-0.05, 0) is 33.1 Å². The van der Waals surface area contributed by atoms with Gasteiger partial charge in [-0.1, -0.05) is 0 Å². The lowest BCUT2D eigenvalue weighted by molar-refractivity contribution is -0.00570. The summed E-state index contributed by atoms with van der Waals surface area (Å²) >= 11 is 0. The summed E-state index contributed by atoms with van der Waals surface area (Å²) < 4.78 is 7.70. The molecule has 2 aliphatic heterocycles. The third-order valence-electron chi connectivity index (χ3n) is 4.92. The van der Waals surface area contributed by atoms with Gasteiger partial charge in [0.25, 0.3) is 0 Å². The smallest absolute Gasteiger partial charge is 0.229 e. The minimum absolute atomic E-state index is 0.193. The fraction of sp³-hybridized carbons (Fsp3) is 0.706. The second-order valence-electron chi connectivity index (χ2n) is 7.06. The molecule has 0 spiro atoms. The minimum atomic E-state index is 0.193. The van der Waals surface area contributed by atoms with Crippen molar-refractivity contribution in [2.75, 3.05) is 36.0 Å². The number of morpholine rings is 1. The molecule has 2 aromatic rings. The number of aromatic nitrogens is 4. The van der Waals surface area contributed by atoms with Crippen LogP contribution in [0.1, 0.15) is 33.1 Å². The van der Waals surface area contributed by atoms with E-state index >= 15 is 0 Å². The highest BCUT2D eigenvalue weighted by atomic mass is 16.5. The van der Waals surface area contributed by atoms with E-state index < -0.39 is 0 Å². The molecule has 0 N–H and O–H groups in total. The van der Waals surface area contributed by atoms with Gasteiger partial charge in [0.1, 0.15) is 5.82 Å². The van der Waals surface area contributed by atoms with Gasteiger partial charge in [0, 0.05) is 33.2 Å². The van der Waals surface area contributed by atoms with Crippen LogP contribution in [0.4, 0.5) is 11.8 Å². The third kappa shape index (κ3) is 2.81. The van der Waals surface area contributed by atoms with E-state index in [1.165, 1.54) is 19.3 Å². The van der Waals surface area contributed by atoms with Crippen molar-refractivity contribution in [3.05, 3.63) is 6.20 Å². The Morgan fingerprint density at radius 3 is 2.42 bits per heavy atom. The number of piperidine rings is 1. The molecule has 2 aliphatic rings. The monoisotopic (exact) mass is 330 g/mol. The summed E-state index contributed by atoms with van der Waals surface area (Å²) in [6.07, 6.45) is 6.05. The number of hydrogen-bond acceptors (Lipinski definition) is 6. The first-order valence-electron chi connectivity index (χ1n) is 8.97. The maximum absolute atomic E-state index is 5.86. The van der Waals surface area contributed by atoms with Gasteiger partial charge in [0.15, 0.2) is 5.65 Å². The van der Waals surface area contributed by atoms with Crippen LogP contribution in [0.3, 0.4) is 0 Å². The Bertz CT molecular complexity index is 713. The summed E-state index contributed by atoms with van der Waals surface area (Å²) in [6, 6.07) is 0. The molecule has 0 unspecified atom stereocenters. The Kier molecular flexibility index (Phi) is 4.04. The van der Waals surface area contributed by atoms with Crippen LogP contribution < -0.4 is 9.80 Å². The number of hydrogen-bond donors (Lipinski definition) is 0. The van der Waals surface area contributed by atoms with Gasteiger partial charge >= 0.3 is 0 Å². The number of ether oxygens (including phenoxy) is 1. The highest BCUT2D eigenvalue weighted by Crippen LogP contribution is 2.29. The molecule has 4 heterocycles. The van der Waals surface area contributed by atoms with Crippen molar-refractivity contribution in [1.82, 2.24) is 19.7 Å². The topological polar surface area (TPSA) is 59.3 Å². The molecule has 7 heteroatoms. The zero-order valence-corrected chi connectivity index (χ0v) is 14.8. The lowest BCUT2D eigenvalue weighted by atomic mass is 10.1. The first-order valence-corrected chi connectivity index (χ1v) is 8.97. The van der Waals surface area contributed by atoms with Crippen molar-refractivity contribution < 1.29 is 4.74 Å². The van der Waals surface area contributed by atoms with Crippen LogP contribution in [0.2, 0.25) is 0 Å². The quantitative estimate of drug-likeness (QED) is 0.839. The molecule has 4 rings (SSSR count). The average Bonchev–Trinajstić information content (AvgIpc) is 2.95. The van der Waals surface area contributed by atoms with Crippen molar-refractivity contribution in [3.63, 3.8) is 0 Å². The summed E-state index contributed by atoms with van der Waals surface area (Å²) in [5.41, 5.74) is 0.910. The predicted octanol–water partition coefficient (Wildman–Crippen LogP) is 1.97. The highest BCUT2D eigenvalue weighted by molar-refractivity contribution is 5.88. The van der Waals surface area contributed by atoms with Crippen molar-refractivity contribution in [1.29, 1.82) is 0 Å². The molecule has 2 atom stereocenters. The molecule has 0 saturated carbocycles. The molecule has 7 nitrogen and oxygen atoms in total. The number of anilines is 2. The van der Waals surface area contributed by atoms with E-state index in [0.29, 0.717) is 0 Å². The SMILES string of the molecule is C[C@@H]1CN(c2nc(N3CCCCC3)c3cnn(C)c3n2)C[C@@H](C)O1. The van der Waals surface area contributed by atoms with Crippen LogP contribution in [-0.4, -0.2) is 58.1 Å². The Labute approximate surface area is 142 Å². The zero-order chi connectivity index (χ0) is 16.7. The summed E-state index contributed by atoms with van der Waals surface area (Å²) in [4.78, 5) is 14.4. The molecule has 2 saturated heterocycles. The second kappa shape index (κ2) is 6.20. The Morgan fingerprint density at radius 1 is 1.00 bits per heavy atom. The van der Waals surface area contributed by atoms with Crippen LogP contribution in [0, 0.1) is 0 Å². The van der Waals surface area contributed by atoms with Crippen LogP contribution in [0.5, 0.6) is 0 Å². The first-order chi connectivity index (χ1) is 11.6. The van der Waals surface area contributed by atoms with Crippen molar-refractivity contribution in [2.24, 2.45) is 7.05 Å². The third-order valence-corrected chi connectivity index (χ3v) is 4.92. The van der Waals surface area contributed by atoms with Gasteiger partial charge in [-0.25, -0.2) is 0 Å². The van der Waals surface area contributed by atoms with Gasteiger partial charge in [-0.2, -0.15) is 15.1 Å². The van der Waals surface area contributed by atoms with Crippen molar-refractivity contribution in [2.45, 2.75) is 45.3 Å². The Balaban J connectivity index is 1.77. The minimum Gasteiger partial charge on any atom is -0.372 e. The number of nitrogens with zero attached hydrogens (tertiary/aromatic N) is 6. The molecule has 0 radical (unpaired) electrons. The Morgan fingerprint density at radius 2 is 1.71 bits per heavy atom. The van der Waals surface area contributed by atoms with E-state index in [4.69, 9.17) is 14.7 Å². The Hall–Kier alpha value is -1.89. The molecule has 24 heavy (non-hydrogen) atoms. The fourth-order valence-electron chi connectivity index (χ4n) is 3.83. The van der Waals surface area contributed by atoms with E-state index in [9.17, 15) is 0 Å². The van der Waals surface area contributed by atoms with Crippen LogP contribution in [0.15, 0.2) is 6.20 Å². The highest BCUT2D eigenvalue weighted by Gasteiger charge is 2.26. The zero-order valence-electron chi connectivity index (χ0n) is 14.8. The largest absolute Gasteiger partial charge is 0.372 e. The second-order valence-corrected chi connectivity index (χ2v) is 7.06. The summed E-state index contributed by atoms with van der Waals surface area (Å²) in [7, 11) is 1.95. The fourth-order valence-corrected chi connectivity index (χ4v) is 3.83. The van der Waals surface area contributed by atoms with E-state index in [0.717, 1.165) is 49.0 Å². The van der Waals surface area contributed by atoms with E-state index in [-0.39, 0.29) is 12.2 Å². The van der Waals surface area contributed by atoms with Gasteiger partial charge in [-0.15, -0.1) is 0 Å². The standard InChI is InChI=1S/C17H26N6O/c1-12-10-23(11-13(2)24-12)17-19-15-14(9-18-21(15)3)16(20-17)22-7-5-4-6-8-22/h9,12-13H,4-8,10-11H2,1-3H3/t12-,13-/m1/s1. The summed E-state index contributed by atoms with van der Waals surface area (Å²) in [6.45, 7) is 8.00. The molecule has 2 aromatic heterocycles.